The van der Waals surface area contributed by atoms with E-state index in [1.165, 1.54) is 4.90 Å². The molecule has 0 unspecified atom stereocenters. The molecule has 0 aromatic heterocycles. The van der Waals surface area contributed by atoms with Gasteiger partial charge in [-0.25, -0.2) is 0 Å². The number of carbonyl (C=O) groups is 3. The minimum atomic E-state index is -0.230. The van der Waals surface area contributed by atoms with E-state index in [0.717, 1.165) is 48.3 Å². The van der Waals surface area contributed by atoms with E-state index in [0.29, 0.717) is 43.1 Å². The summed E-state index contributed by atoms with van der Waals surface area (Å²) in [4.78, 5) is 44.4. The highest BCUT2D eigenvalue weighted by molar-refractivity contribution is 6.25. The number of imide groups is 1. The molecule has 37 heavy (non-hydrogen) atoms. The predicted molar refractivity (Wildman–Crippen MR) is 137 cm³/mol. The number of piperazine rings is 1. The monoisotopic (exact) mass is 500 g/mol. The molecule has 1 N–H and O–H groups in total. The van der Waals surface area contributed by atoms with Crippen molar-refractivity contribution in [2.24, 2.45) is 0 Å². The maximum Gasteiger partial charge on any atom is 0.261 e. The average molecular weight is 501 g/mol. The fourth-order valence-electron chi connectivity index (χ4n) is 5.21. The van der Waals surface area contributed by atoms with Crippen LogP contribution in [-0.2, 0) is 11.3 Å². The lowest BCUT2D eigenvalue weighted by atomic mass is 9.94. The van der Waals surface area contributed by atoms with E-state index >= 15 is 0 Å². The fourth-order valence-corrected chi connectivity index (χ4v) is 5.21. The maximum absolute atomic E-state index is 13.1. The molecule has 3 heterocycles. The molecule has 0 saturated carbocycles. The van der Waals surface area contributed by atoms with Gasteiger partial charge < -0.3 is 14.8 Å². The lowest BCUT2D eigenvalue weighted by Crippen LogP contribution is -2.52. The second-order valence-corrected chi connectivity index (χ2v) is 9.55. The molecule has 0 atom stereocenters. The quantitative estimate of drug-likeness (QED) is 0.497. The fraction of sp³-hybridized carbons (Fsp3) is 0.321. The van der Waals surface area contributed by atoms with Crippen molar-refractivity contribution < 1.29 is 23.9 Å². The smallest absolute Gasteiger partial charge is 0.261 e. The third-order valence-corrected chi connectivity index (χ3v) is 7.25. The minimum Gasteiger partial charge on any atom is -0.454 e. The zero-order chi connectivity index (χ0) is 25.4. The van der Waals surface area contributed by atoms with Crippen molar-refractivity contribution in [2.75, 3.05) is 52.6 Å². The number of fused-ring (bicyclic) bond motifs is 1. The number of nitrogens with zero attached hydrogens (tertiary/aromatic N) is 3. The van der Waals surface area contributed by atoms with Crippen molar-refractivity contribution in [3.8, 4) is 11.5 Å². The number of rotatable bonds is 7. The Labute approximate surface area is 214 Å². The highest BCUT2D eigenvalue weighted by Crippen LogP contribution is 2.32. The molecule has 0 aliphatic carbocycles. The molecule has 3 amide bonds. The molecule has 9 heteroatoms. The number of ether oxygens (including phenoxy) is 2. The molecule has 3 aromatic rings. The molecular weight excluding hydrogens is 472 g/mol. The van der Waals surface area contributed by atoms with Crippen LogP contribution in [0.2, 0.25) is 0 Å². The first-order valence-electron chi connectivity index (χ1n) is 12.5. The van der Waals surface area contributed by atoms with Crippen molar-refractivity contribution in [3.05, 3.63) is 71.3 Å². The van der Waals surface area contributed by atoms with Gasteiger partial charge >= 0.3 is 0 Å². The number of nitrogens with one attached hydrogen (secondary N) is 1. The van der Waals surface area contributed by atoms with Crippen LogP contribution < -0.4 is 14.8 Å². The molecule has 3 aliphatic heterocycles. The molecule has 0 radical (unpaired) electrons. The van der Waals surface area contributed by atoms with Crippen molar-refractivity contribution in [1.29, 1.82) is 0 Å². The standard InChI is InChI=1S/C28H28N4O5/c33-25(29-16-19-7-8-23-24(15-19)37-18-36-23)17-31-11-9-30(10-12-31)13-14-32-27(34)21-5-1-3-20-4-2-6-22(26(20)21)28(32)35/h1-8,15H,9-14,16-18H2,(H,29,33). The van der Waals surface area contributed by atoms with Crippen LogP contribution in [0.3, 0.4) is 0 Å². The lowest BCUT2D eigenvalue weighted by molar-refractivity contribution is -0.122. The van der Waals surface area contributed by atoms with Crippen molar-refractivity contribution in [3.63, 3.8) is 0 Å². The summed E-state index contributed by atoms with van der Waals surface area (Å²) in [6.07, 6.45) is 0. The lowest BCUT2D eigenvalue weighted by Gasteiger charge is -2.35. The van der Waals surface area contributed by atoms with Crippen LogP contribution in [0.15, 0.2) is 54.6 Å². The first-order valence-corrected chi connectivity index (χ1v) is 12.5. The van der Waals surface area contributed by atoms with E-state index in [1.807, 2.05) is 42.5 Å². The van der Waals surface area contributed by atoms with Gasteiger partial charge in [0.25, 0.3) is 11.8 Å². The summed E-state index contributed by atoms with van der Waals surface area (Å²) in [6.45, 7) is 5.01. The van der Waals surface area contributed by atoms with Gasteiger partial charge in [0.1, 0.15) is 0 Å². The van der Waals surface area contributed by atoms with Crippen LogP contribution in [0.5, 0.6) is 11.5 Å². The Bertz CT molecular complexity index is 1330. The summed E-state index contributed by atoms with van der Waals surface area (Å²) >= 11 is 0. The Balaban J connectivity index is 0.973. The molecule has 0 bridgehead atoms. The van der Waals surface area contributed by atoms with Crippen LogP contribution in [0.25, 0.3) is 10.8 Å². The Morgan fingerprint density at radius 1 is 0.811 bits per heavy atom. The number of benzene rings is 3. The Kier molecular flexibility index (Phi) is 6.23. The first-order chi connectivity index (χ1) is 18.1. The largest absolute Gasteiger partial charge is 0.454 e. The molecule has 3 aromatic carbocycles. The minimum absolute atomic E-state index is 0.0246. The van der Waals surface area contributed by atoms with Crippen LogP contribution >= 0.6 is 0 Å². The molecule has 1 fully saturated rings. The normalized spacial score (nSPS) is 17.5. The summed E-state index contributed by atoms with van der Waals surface area (Å²) in [7, 11) is 0. The van der Waals surface area contributed by atoms with E-state index in [1.54, 1.807) is 12.1 Å². The highest BCUT2D eigenvalue weighted by Gasteiger charge is 2.33. The van der Waals surface area contributed by atoms with Crippen molar-refractivity contribution in [1.82, 2.24) is 20.0 Å². The summed E-state index contributed by atoms with van der Waals surface area (Å²) in [5.74, 6) is 0.948. The highest BCUT2D eigenvalue weighted by atomic mass is 16.7. The molecule has 1 saturated heterocycles. The van der Waals surface area contributed by atoms with E-state index in [9.17, 15) is 14.4 Å². The van der Waals surface area contributed by atoms with Gasteiger partial charge in [0.2, 0.25) is 12.7 Å². The van der Waals surface area contributed by atoms with Gasteiger partial charge in [-0.1, -0.05) is 30.3 Å². The topological polar surface area (TPSA) is 91.4 Å². The SMILES string of the molecule is O=C(CN1CCN(CCN2C(=O)c3cccc4cccc(c34)C2=O)CC1)NCc1ccc2c(c1)OCO2. The molecular formula is C28H28N4O5. The van der Waals surface area contributed by atoms with E-state index in [-0.39, 0.29) is 24.5 Å². The van der Waals surface area contributed by atoms with Gasteiger partial charge in [-0.2, -0.15) is 0 Å². The molecule has 9 nitrogen and oxygen atoms in total. The van der Waals surface area contributed by atoms with Gasteiger partial charge in [0.15, 0.2) is 11.5 Å². The van der Waals surface area contributed by atoms with E-state index in [4.69, 9.17) is 9.47 Å². The van der Waals surface area contributed by atoms with Crippen molar-refractivity contribution >= 4 is 28.5 Å². The molecule has 190 valence electrons. The number of hydrogen-bond acceptors (Lipinski definition) is 7. The van der Waals surface area contributed by atoms with E-state index in [2.05, 4.69) is 15.1 Å². The van der Waals surface area contributed by atoms with Crippen LogP contribution in [-0.4, -0.2) is 85.0 Å². The van der Waals surface area contributed by atoms with Gasteiger partial charge in [0.05, 0.1) is 6.54 Å². The third kappa shape index (κ3) is 4.63. The second-order valence-electron chi connectivity index (χ2n) is 9.55. The van der Waals surface area contributed by atoms with Crippen LogP contribution in [0.1, 0.15) is 26.3 Å². The zero-order valence-electron chi connectivity index (χ0n) is 20.4. The molecule has 6 rings (SSSR count). The summed E-state index contributed by atoms with van der Waals surface area (Å²) in [6, 6.07) is 16.8. The van der Waals surface area contributed by atoms with Gasteiger partial charge in [0, 0.05) is 62.3 Å². The number of amides is 3. The van der Waals surface area contributed by atoms with Gasteiger partial charge in [-0.3, -0.25) is 29.1 Å². The van der Waals surface area contributed by atoms with Crippen LogP contribution in [0, 0.1) is 0 Å². The summed E-state index contributed by atoms with van der Waals surface area (Å²) in [5, 5.41) is 4.63. The van der Waals surface area contributed by atoms with Gasteiger partial charge in [-0.05, 0) is 35.2 Å². The van der Waals surface area contributed by atoms with Crippen molar-refractivity contribution in [2.45, 2.75) is 6.54 Å². The Morgan fingerprint density at radius 2 is 1.49 bits per heavy atom. The third-order valence-electron chi connectivity index (χ3n) is 7.25. The first kappa shape index (κ1) is 23.4. The Morgan fingerprint density at radius 3 is 2.22 bits per heavy atom. The molecule has 0 spiro atoms. The van der Waals surface area contributed by atoms with E-state index < -0.39 is 0 Å². The summed E-state index contributed by atoms with van der Waals surface area (Å²) < 4.78 is 10.7. The number of carbonyl (C=O) groups excluding carboxylic acids is 3. The predicted octanol–water partition coefficient (Wildman–Crippen LogP) is 2.10. The Hall–Kier alpha value is -3.95. The molecule has 3 aliphatic rings. The zero-order valence-corrected chi connectivity index (χ0v) is 20.4. The second kappa shape index (κ2) is 9.84. The van der Waals surface area contributed by atoms with Crippen LogP contribution in [0.4, 0.5) is 0 Å². The number of hydrogen-bond donors (Lipinski definition) is 1. The average Bonchev–Trinajstić information content (AvgIpc) is 3.39. The summed E-state index contributed by atoms with van der Waals surface area (Å²) in [5.41, 5.74) is 2.14. The maximum atomic E-state index is 13.1. The van der Waals surface area contributed by atoms with Gasteiger partial charge in [-0.15, -0.1) is 0 Å².